The molecule has 324 valence electrons. The number of rotatable bonds is 27. The number of unbranched alkanes of at least 4 members (excludes halogenated alkanes) is 4. The topological polar surface area (TPSA) is 193 Å². The standard InChI is InChI=1S/C43H62O15/c1-27(19-21-36(46)51-7)18-20-34-40(52-8)30(4)35-26-56-43(50)39(35)41(34)58-37(47)17-14-22-53-42(49)29(3)16-13-11-9-10-12-15-28(2)23-38(48)57-33(24-54-31(5)44)25-55-32(6)45/h18,28-29,33H,9-17,19-26H2,1-8H3/b27-18+. The molecule has 0 aliphatic carbocycles. The number of methoxy groups -OCH3 is 2. The van der Waals surface area contributed by atoms with E-state index in [0.29, 0.717) is 35.3 Å². The van der Waals surface area contributed by atoms with Crippen LogP contribution < -0.4 is 9.47 Å². The Morgan fingerprint density at radius 1 is 0.759 bits per heavy atom. The van der Waals surface area contributed by atoms with Crippen LogP contribution in [-0.2, 0) is 70.2 Å². The fourth-order valence-electron chi connectivity index (χ4n) is 6.35. The quantitative estimate of drug-likeness (QED) is 0.0296. The second-order valence-corrected chi connectivity index (χ2v) is 14.7. The summed E-state index contributed by atoms with van der Waals surface area (Å²) in [6.07, 6.45) is 8.55. The van der Waals surface area contributed by atoms with Crippen LogP contribution in [0.25, 0.3) is 0 Å². The van der Waals surface area contributed by atoms with Crippen LogP contribution in [0.15, 0.2) is 11.6 Å². The van der Waals surface area contributed by atoms with Gasteiger partial charge < -0.3 is 37.9 Å². The van der Waals surface area contributed by atoms with E-state index >= 15 is 0 Å². The van der Waals surface area contributed by atoms with Gasteiger partial charge in [0.1, 0.15) is 31.1 Å². The van der Waals surface area contributed by atoms with Crippen molar-refractivity contribution in [1.29, 1.82) is 0 Å². The van der Waals surface area contributed by atoms with Crippen LogP contribution in [0, 0.1) is 18.8 Å². The minimum Gasteiger partial charge on any atom is -0.496 e. The van der Waals surface area contributed by atoms with Crippen LogP contribution in [0.3, 0.4) is 0 Å². The number of carbonyl (C=O) groups is 7. The Morgan fingerprint density at radius 2 is 1.40 bits per heavy atom. The first kappa shape index (κ1) is 49.2. The highest BCUT2D eigenvalue weighted by atomic mass is 16.6. The molecule has 15 nitrogen and oxygen atoms in total. The van der Waals surface area contributed by atoms with Crippen LogP contribution in [-0.4, -0.2) is 81.9 Å². The van der Waals surface area contributed by atoms with Crippen molar-refractivity contribution in [2.75, 3.05) is 34.0 Å². The highest BCUT2D eigenvalue weighted by Crippen LogP contribution is 2.43. The third-order valence-electron chi connectivity index (χ3n) is 9.71. The molecule has 1 aliphatic heterocycles. The lowest BCUT2D eigenvalue weighted by Gasteiger charge is -2.19. The van der Waals surface area contributed by atoms with Crippen molar-refractivity contribution >= 4 is 41.8 Å². The number of esters is 7. The molecular formula is C43H62O15. The smallest absolute Gasteiger partial charge is 0.342 e. The summed E-state index contributed by atoms with van der Waals surface area (Å²) in [7, 11) is 2.84. The zero-order chi connectivity index (χ0) is 43.2. The number of hydrogen-bond acceptors (Lipinski definition) is 15. The van der Waals surface area contributed by atoms with Gasteiger partial charge in [0.2, 0.25) is 0 Å². The second-order valence-electron chi connectivity index (χ2n) is 14.7. The summed E-state index contributed by atoms with van der Waals surface area (Å²) in [6.45, 7) is 9.65. The molecule has 58 heavy (non-hydrogen) atoms. The first-order valence-corrected chi connectivity index (χ1v) is 20.0. The first-order chi connectivity index (χ1) is 27.6. The third-order valence-corrected chi connectivity index (χ3v) is 9.71. The van der Waals surface area contributed by atoms with Crippen molar-refractivity contribution in [1.82, 2.24) is 0 Å². The van der Waals surface area contributed by atoms with E-state index < -0.39 is 36.0 Å². The Balaban J connectivity index is 1.75. The van der Waals surface area contributed by atoms with Crippen molar-refractivity contribution in [3.8, 4) is 11.5 Å². The molecule has 2 unspecified atom stereocenters. The maximum atomic E-state index is 13.1. The lowest BCUT2D eigenvalue weighted by Crippen LogP contribution is -2.30. The number of allylic oxidation sites excluding steroid dienone is 2. The monoisotopic (exact) mass is 818 g/mol. The molecule has 0 aromatic heterocycles. The minimum absolute atomic E-state index is 0.0361. The Hall–Kier alpha value is -4.95. The van der Waals surface area contributed by atoms with Gasteiger partial charge in [0, 0.05) is 44.2 Å². The van der Waals surface area contributed by atoms with Gasteiger partial charge in [-0.3, -0.25) is 28.8 Å². The Kier molecular flexibility index (Phi) is 22.2. The Bertz CT molecular complexity index is 1590. The van der Waals surface area contributed by atoms with Gasteiger partial charge in [0.05, 0.1) is 26.7 Å². The number of ether oxygens (including phenoxy) is 8. The number of benzene rings is 1. The molecule has 15 heteroatoms. The number of carbonyl (C=O) groups excluding carboxylic acids is 7. The molecule has 0 N–H and O–H groups in total. The second kappa shape index (κ2) is 26.1. The van der Waals surface area contributed by atoms with Gasteiger partial charge in [0.15, 0.2) is 11.9 Å². The lowest BCUT2D eigenvalue weighted by molar-refractivity contribution is -0.166. The Labute approximate surface area is 341 Å². The summed E-state index contributed by atoms with van der Waals surface area (Å²) in [5.74, 6) is -3.00. The van der Waals surface area contributed by atoms with Gasteiger partial charge in [-0.1, -0.05) is 64.0 Å². The summed E-state index contributed by atoms with van der Waals surface area (Å²) in [6, 6.07) is 0. The van der Waals surface area contributed by atoms with E-state index in [1.54, 1.807) is 0 Å². The van der Waals surface area contributed by atoms with Crippen molar-refractivity contribution < 1.29 is 71.5 Å². The summed E-state index contributed by atoms with van der Waals surface area (Å²) >= 11 is 0. The highest BCUT2D eigenvalue weighted by molar-refractivity contribution is 5.99. The predicted octanol–water partition coefficient (Wildman–Crippen LogP) is 6.78. The molecule has 0 radical (unpaired) electrons. The largest absolute Gasteiger partial charge is 0.496 e. The van der Waals surface area contributed by atoms with Crippen LogP contribution in [0.2, 0.25) is 0 Å². The van der Waals surface area contributed by atoms with E-state index in [9.17, 15) is 33.6 Å². The van der Waals surface area contributed by atoms with Crippen LogP contribution in [0.5, 0.6) is 11.5 Å². The molecule has 0 spiro atoms. The molecule has 0 saturated heterocycles. The maximum absolute atomic E-state index is 13.1. The molecule has 1 aromatic carbocycles. The molecule has 1 aliphatic rings. The summed E-state index contributed by atoms with van der Waals surface area (Å²) < 4.78 is 42.1. The van der Waals surface area contributed by atoms with E-state index in [0.717, 1.165) is 44.1 Å². The average Bonchev–Trinajstić information content (AvgIpc) is 3.57. The van der Waals surface area contributed by atoms with Crippen molar-refractivity contribution in [3.63, 3.8) is 0 Å². The average molecular weight is 819 g/mol. The van der Waals surface area contributed by atoms with Crippen molar-refractivity contribution in [3.05, 3.63) is 33.9 Å². The van der Waals surface area contributed by atoms with Gasteiger partial charge in [-0.2, -0.15) is 0 Å². The van der Waals surface area contributed by atoms with Gasteiger partial charge in [-0.15, -0.1) is 0 Å². The maximum Gasteiger partial charge on any atom is 0.342 e. The third kappa shape index (κ3) is 17.7. The van der Waals surface area contributed by atoms with E-state index in [1.807, 2.05) is 33.8 Å². The summed E-state index contributed by atoms with van der Waals surface area (Å²) in [4.78, 5) is 84.7. The first-order valence-electron chi connectivity index (χ1n) is 20.0. The fourth-order valence-corrected chi connectivity index (χ4v) is 6.35. The molecule has 0 amide bonds. The van der Waals surface area contributed by atoms with Gasteiger partial charge in [-0.05, 0) is 51.0 Å². The van der Waals surface area contributed by atoms with Crippen molar-refractivity contribution in [2.45, 2.75) is 138 Å². The zero-order valence-electron chi connectivity index (χ0n) is 35.5. The molecule has 2 rings (SSSR count). The number of hydrogen-bond donors (Lipinski definition) is 0. The minimum atomic E-state index is -0.859. The molecule has 0 bridgehead atoms. The van der Waals surface area contributed by atoms with Gasteiger partial charge in [-0.25, -0.2) is 4.79 Å². The van der Waals surface area contributed by atoms with Gasteiger partial charge in [0.25, 0.3) is 0 Å². The fraction of sp³-hybridized carbons (Fsp3) is 0.651. The van der Waals surface area contributed by atoms with E-state index in [2.05, 4.69) is 0 Å². The van der Waals surface area contributed by atoms with E-state index in [4.69, 9.17) is 37.9 Å². The van der Waals surface area contributed by atoms with Crippen molar-refractivity contribution in [2.24, 2.45) is 11.8 Å². The lowest BCUT2D eigenvalue weighted by atomic mass is 9.94. The van der Waals surface area contributed by atoms with Gasteiger partial charge >= 0.3 is 41.8 Å². The molecule has 0 saturated carbocycles. The normalized spacial score (nSPS) is 13.2. The van der Waals surface area contributed by atoms with E-state index in [1.165, 1.54) is 28.1 Å². The number of fused-ring (bicyclic) bond motifs is 1. The molecule has 1 heterocycles. The Morgan fingerprint density at radius 3 is 2.02 bits per heavy atom. The zero-order valence-corrected chi connectivity index (χ0v) is 35.5. The molecular weight excluding hydrogens is 756 g/mol. The summed E-state index contributed by atoms with van der Waals surface area (Å²) in [5, 5.41) is 0. The number of cyclic esters (lactones) is 1. The highest BCUT2D eigenvalue weighted by Gasteiger charge is 2.34. The molecule has 0 fully saturated rings. The van der Waals surface area contributed by atoms with Crippen LogP contribution >= 0.6 is 0 Å². The molecule has 1 aromatic rings. The van der Waals surface area contributed by atoms with E-state index in [-0.39, 0.29) is 93.6 Å². The molecule has 2 atom stereocenters. The van der Waals surface area contributed by atoms with Crippen LogP contribution in [0.1, 0.15) is 139 Å². The predicted molar refractivity (Wildman–Crippen MR) is 210 cm³/mol. The SMILES string of the molecule is COC(=O)CC/C(C)=C/Cc1c(OC)c(C)c2c(c1OC(=O)CCCOC(=O)C(C)CCCCCCCC(C)CC(=O)OC(COC(C)=O)COC(C)=O)C(=O)OC2. The van der Waals surface area contributed by atoms with Crippen LogP contribution in [0.4, 0.5) is 0 Å². The summed E-state index contributed by atoms with van der Waals surface area (Å²) in [5.41, 5.74) is 2.92.